The molecule has 2 aromatic carbocycles. The van der Waals surface area contributed by atoms with E-state index in [2.05, 4.69) is 16.6 Å². The van der Waals surface area contributed by atoms with Gasteiger partial charge < -0.3 is 15.4 Å². The largest absolute Gasteiger partial charge is 0.457 e. The Kier molecular flexibility index (Phi) is 6.25. The highest BCUT2D eigenvalue weighted by molar-refractivity contribution is 7.93. The second kappa shape index (κ2) is 9.64. The molecule has 1 amide bonds. The van der Waals surface area contributed by atoms with Gasteiger partial charge in [0.1, 0.15) is 29.6 Å². The summed E-state index contributed by atoms with van der Waals surface area (Å²) in [5, 5.41) is 6.76. The first-order valence-electron chi connectivity index (χ1n) is 13.0. The number of hydrogen-bond acceptors (Lipinski definition) is 9. The number of aliphatic imine (C=N–C) groups is 2. The summed E-state index contributed by atoms with van der Waals surface area (Å²) >= 11 is 0. The molecule has 10 nitrogen and oxygen atoms in total. The standard InChI is InChI=1S/C28H30N6O4S/c1-2-23(35)33-14-12-28(13-15-33)16-20(17-39(28,36)37)34-27-24(26(29)30-18-31-27)25(32-34)19-8-10-22(11-9-19)38-21-6-4-3-5-7-21/h2-11,18,20,24,27H,1,12-17H2,(H2,29,30,31). The molecular formula is C28H30N6O4S. The number of amidine groups is 1. The minimum atomic E-state index is -3.43. The third-order valence-corrected chi connectivity index (χ3v) is 10.9. The van der Waals surface area contributed by atoms with Gasteiger partial charge in [-0.25, -0.2) is 18.4 Å². The molecule has 0 aliphatic carbocycles. The van der Waals surface area contributed by atoms with Gasteiger partial charge in [-0.3, -0.25) is 9.80 Å². The van der Waals surface area contributed by atoms with Crippen LogP contribution in [0.3, 0.4) is 0 Å². The number of para-hydroxylation sites is 1. The van der Waals surface area contributed by atoms with Crippen LogP contribution in [0.25, 0.3) is 0 Å². The molecule has 2 fully saturated rings. The van der Waals surface area contributed by atoms with Crippen molar-refractivity contribution in [3.05, 3.63) is 72.8 Å². The lowest BCUT2D eigenvalue weighted by Crippen LogP contribution is -2.49. The first kappa shape index (κ1) is 25.3. The summed E-state index contributed by atoms with van der Waals surface area (Å²) in [6, 6.07) is 16.7. The summed E-state index contributed by atoms with van der Waals surface area (Å²) in [7, 11) is -3.43. The number of likely N-dealkylation sites (tertiary alicyclic amines) is 1. The molecule has 2 N–H and O–H groups in total. The van der Waals surface area contributed by atoms with E-state index < -0.39 is 20.8 Å². The van der Waals surface area contributed by atoms with Crippen LogP contribution in [0.2, 0.25) is 0 Å². The zero-order chi connectivity index (χ0) is 27.2. The molecule has 3 atom stereocenters. The maximum atomic E-state index is 13.5. The molecule has 2 aromatic rings. The summed E-state index contributed by atoms with van der Waals surface area (Å²) in [4.78, 5) is 22.5. The summed E-state index contributed by atoms with van der Waals surface area (Å²) in [5.74, 6) is 1.25. The third kappa shape index (κ3) is 4.40. The van der Waals surface area contributed by atoms with Crippen LogP contribution in [0.4, 0.5) is 0 Å². The van der Waals surface area contributed by atoms with Gasteiger partial charge in [0.05, 0.1) is 22.3 Å². The molecule has 0 bridgehead atoms. The molecular weight excluding hydrogens is 516 g/mol. The van der Waals surface area contributed by atoms with E-state index in [1.807, 2.05) is 59.6 Å². The van der Waals surface area contributed by atoms with Gasteiger partial charge in [0, 0.05) is 13.1 Å². The Hall–Kier alpha value is -3.99. The van der Waals surface area contributed by atoms with E-state index in [-0.39, 0.29) is 23.6 Å². The topological polar surface area (TPSA) is 130 Å². The Morgan fingerprint density at radius 3 is 2.46 bits per heavy atom. The second-order valence-electron chi connectivity index (χ2n) is 10.4. The smallest absolute Gasteiger partial charge is 0.245 e. The van der Waals surface area contributed by atoms with E-state index in [0.29, 0.717) is 49.6 Å². The molecule has 6 rings (SSSR count). The number of amides is 1. The van der Waals surface area contributed by atoms with E-state index >= 15 is 0 Å². The first-order valence-corrected chi connectivity index (χ1v) is 14.6. The van der Waals surface area contributed by atoms with Crippen LogP contribution in [0.5, 0.6) is 11.5 Å². The fraction of sp³-hybridized carbons (Fsp3) is 0.357. The Labute approximate surface area is 227 Å². The highest BCUT2D eigenvalue weighted by atomic mass is 32.2. The molecule has 39 heavy (non-hydrogen) atoms. The normalized spacial score (nSPS) is 26.6. The van der Waals surface area contributed by atoms with Gasteiger partial charge in [-0.1, -0.05) is 24.8 Å². The van der Waals surface area contributed by atoms with Gasteiger partial charge in [-0.05, 0) is 67.3 Å². The SMILES string of the molecule is C=CC(=O)N1CCC2(CC1)CC(N1N=C(c3ccc(Oc4ccccc4)cc3)C3C(N)=NC=NC31)CS2(=O)=O. The number of rotatable bonds is 5. The number of carbonyl (C=O) groups excluding carboxylic acids is 1. The number of sulfone groups is 1. The van der Waals surface area contributed by atoms with Crippen molar-refractivity contribution in [1.82, 2.24) is 9.91 Å². The zero-order valence-corrected chi connectivity index (χ0v) is 22.2. The number of hydrogen-bond donors (Lipinski definition) is 1. The third-order valence-electron chi connectivity index (χ3n) is 8.18. The number of nitrogens with two attached hydrogens (primary N) is 1. The van der Waals surface area contributed by atoms with Crippen LogP contribution in [-0.4, -0.2) is 77.9 Å². The van der Waals surface area contributed by atoms with Gasteiger partial charge in [0.25, 0.3) is 0 Å². The number of piperidine rings is 1. The van der Waals surface area contributed by atoms with Crippen LogP contribution >= 0.6 is 0 Å². The Morgan fingerprint density at radius 2 is 1.77 bits per heavy atom. The summed E-state index contributed by atoms with van der Waals surface area (Å²) in [5.41, 5.74) is 7.90. The van der Waals surface area contributed by atoms with Crippen LogP contribution in [0.15, 0.2) is 82.3 Å². The minimum Gasteiger partial charge on any atom is -0.457 e. The van der Waals surface area contributed by atoms with Gasteiger partial charge in [-0.15, -0.1) is 0 Å². The molecule has 0 saturated carbocycles. The van der Waals surface area contributed by atoms with Crippen molar-refractivity contribution < 1.29 is 17.9 Å². The fourth-order valence-corrected chi connectivity index (χ4v) is 8.46. The molecule has 4 heterocycles. The quantitative estimate of drug-likeness (QED) is 0.574. The highest BCUT2D eigenvalue weighted by Crippen LogP contribution is 2.45. The van der Waals surface area contributed by atoms with Crippen LogP contribution in [0.1, 0.15) is 24.8 Å². The van der Waals surface area contributed by atoms with Crippen molar-refractivity contribution in [2.24, 2.45) is 26.7 Å². The molecule has 2 saturated heterocycles. The number of hydrazone groups is 1. The fourth-order valence-electron chi connectivity index (χ4n) is 6.08. The van der Waals surface area contributed by atoms with Gasteiger partial charge in [0.2, 0.25) is 5.91 Å². The molecule has 4 aliphatic rings. The lowest BCUT2D eigenvalue weighted by atomic mass is 9.89. The van der Waals surface area contributed by atoms with Crippen molar-refractivity contribution in [3.63, 3.8) is 0 Å². The molecule has 202 valence electrons. The van der Waals surface area contributed by atoms with Gasteiger partial charge in [-0.2, -0.15) is 5.10 Å². The number of nitrogens with zero attached hydrogens (tertiary/aromatic N) is 5. The summed E-state index contributed by atoms with van der Waals surface area (Å²) < 4.78 is 32.1. The van der Waals surface area contributed by atoms with Crippen molar-refractivity contribution in [2.75, 3.05) is 18.8 Å². The van der Waals surface area contributed by atoms with Crippen LogP contribution in [0, 0.1) is 5.92 Å². The molecule has 11 heteroatoms. The van der Waals surface area contributed by atoms with Crippen molar-refractivity contribution in [2.45, 2.75) is 36.2 Å². The predicted molar refractivity (Wildman–Crippen MR) is 150 cm³/mol. The average Bonchev–Trinajstić information content (AvgIpc) is 3.45. The summed E-state index contributed by atoms with van der Waals surface area (Å²) in [6.07, 6.45) is 3.48. The maximum Gasteiger partial charge on any atom is 0.245 e. The van der Waals surface area contributed by atoms with E-state index in [4.69, 9.17) is 15.6 Å². The number of benzene rings is 2. The Morgan fingerprint density at radius 1 is 1.08 bits per heavy atom. The van der Waals surface area contributed by atoms with E-state index in [1.165, 1.54) is 12.4 Å². The second-order valence-corrected chi connectivity index (χ2v) is 12.8. The van der Waals surface area contributed by atoms with Crippen LogP contribution < -0.4 is 10.5 Å². The van der Waals surface area contributed by atoms with E-state index in [9.17, 15) is 13.2 Å². The Bertz CT molecular complexity index is 1480. The van der Waals surface area contributed by atoms with Crippen molar-refractivity contribution in [1.29, 1.82) is 0 Å². The lowest BCUT2D eigenvalue weighted by Gasteiger charge is -2.38. The highest BCUT2D eigenvalue weighted by Gasteiger charge is 2.57. The number of carbonyl (C=O) groups is 1. The Balaban J connectivity index is 1.26. The van der Waals surface area contributed by atoms with Gasteiger partial charge in [0.15, 0.2) is 16.0 Å². The first-order chi connectivity index (χ1) is 18.8. The number of ether oxygens (including phenoxy) is 1. The summed E-state index contributed by atoms with van der Waals surface area (Å²) in [6.45, 7) is 4.34. The molecule has 3 unspecified atom stereocenters. The average molecular weight is 547 g/mol. The van der Waals surface area contributed by atoms with Crippen molar-refractivity contribution >= 4 is 33.6 Å². The van der Waals surface area contributed by atoms with Gasteiger partial charge >= 0.3 is 0 Å². The maximum absolute atomic E-state index is 13.5. The zero-order valence-electron chi connectivity index (χ0n) is 21.4. The molecule has 4 aliphatic heterocycles. The molecule has 0 aromatic heterocycles. The lowest BCUT2D eigenvalue weighted by molar-refractivity contribution is -0.127. The minimum absolute atomic E-state index is 0.0151. The molecule has 0 radical (unpaired) electrons. The molecule has 1 spiro atoms. The monoisotopic (exact) mass is 546 g/mol. The van der Waals surface area contributed by atoms with Crippen molar-refractivity contribution in [3.8, 4) is 11.5 Å². The predicted octanol–water partition coefficient (Wildman–Crippen LogP) is 2.57. The number of fused-ring (bicyclic) bond motifs is 1. The van der Waals surface area contributed by atoms with Crippen LogP contribution in [-0.2, 0) is 14.6 Å². The van der Waals surface area contributed by atoms with E-state index in [0.717, 1.165) is 11.3 Å². The van der Waals surface area contributed by atoms with E-state index in [1.54, 1.807) is 4.90 Å².